The molecule has 1 fully saturated rings. The number of rotatable bonds is 6. The van der Waals surface area contributed by atoms with Gasteiger partial charge >= 0.3 is 0 Å². The van der Waals surface area contributed by atoms with Crippen LogP contribution in [0.4, 0.5) is 17.1 Å². The predicted octanol–water partition coefficient (Wildman–Crippen LogP) is 16.7. The first-order valence-corrected chi connectivity index (χ1v) is 21.9. The predicted molar refractivity (Wildman–Crippen MR) is 251 cm³/mol. The second kappa shape index (κ2) is 14.7. The highest BCUT2D eigenvalue weighted by atomic mass is 15.1. The van der Waals surface area contributed by atoms with Crippen molar-refractivity contribution in [1.29, 1.82) is 0 Å². The zero-order valence-corrected chi connectivity index (χ0v) is 37.2. The molecule has 0 unspecified atom stereocenters. The quantitative estimate of drug-likeness (QED) is 0.163. The zero-order valence-electron chi connectivity index (χ0n) is 37.2. The van der Waals surface area contributed by atoms with E-state index in [1.807, 2.05) is 0 Å². The number of fused-ring (bicyclic) bond motifs is 3. The maximum atomic E-state index is 2.52. The summed E-state index contributed by atoms with van der Waals surface area (Å²) in [7, 11) is 0. The summed E-state index contributed by atoms with van der Waals surface area (Å²) in [4.78, 5) is 2.52. The first-order valence-electron chi connectivity index (χ1n) is 21.9. The van der Waals surface area contributed by atoms with Crippen LogP contribution in [0.3, 0.4) is 0 Å². The van der Waals surface area contributed by atoms with E-state index >= 15 is 0 Å². The van der Waals surface area contributed by atoms with Crippen LogP contribution >= 0.6 is 0 Å². The summed E-state index contributed by atoms with van der Waals surface area (Å²) in [5, 5.41) is 0. The molecule has 0 N–H and O–H groups in total. The van der Waals surface area contributed by atoms with Gasteiger partial charge in [0.25, 0.3) is 0 Å². The molecular formula is C57H65N. The lowest BCUT2D eigenvalue weighted by Gasteiger charge is -2.30. The fraction of sp³-hybridized carbons (Fsp3) is 0.368. The number of nitrogens with zero attached hydrogens (tertiary/aromatic N) is 1. The topological polar surface area (TPSA) is 3.24 Å². The molecule has 2 aliphatic rings. The molecule has 0 aliphatic heterocycles. The summed E-state index contributed by atoms with van der Waals surface area (Å²) >= 11 is 0. The summed E-state index contributed by atoms with van der Waals surface area (Å²) < 4.78 is 0. The van der Waals surface area contributed by atoms with Crippen LogP contribution < -0.4 is 4.90 Å². The van der Waals surface area contributed by atoms with E-state index in [4.69, 9.17) is 0 Å². The normalized spacial score (nSPS) is 15.6. The molecule has 1 nitrogen and oxygen atoms in total. The Morgan fingerprint density at radius 1 is 0.431 bits per heavy atom. The van der Waals surface area contributed by atoms with E-state index in [2.05, 4.69) is 208 Å². The van der Waals surface area contributed by atoms with Crippen LogP contribution in [0.25, 0.3) is 33.4 Å². The standard InChI is InChI=1S/C57H65N/c1-54(2,3)44-30-41(29-42(31-44)43-32-45(55(4,5)6)36-46(33-43)56(7,8)9)40-22-18-24-48(35-40)58(47-23-17-21-39(34-47)38-19-13-12-14-20-38)49-27-28-51-50-25-15-16-26-52(50)57(10,11)53(51)37-49/h15-18,21-38H,12-14,19-20H2,1-11H3. The summed E-state index contributed by atoms with van der Waals surface area (Å²) in [5.74, 6) is 0.629. The molecule has 8 rings (SSSR count). The summed E-state index contributed by atoms with van der Waals surface area (Å²) in [6.45, 7) is 25.8. The van der Waals surface area contributed by atoms with Gasteiger partial charge in [-0.1, -0.05) is 180 Å². The Morgan fingerprint density at radius 2 is 0.948 bits per heavy atom. The molecule has 0 amide bonds. The lowest BCUT2D eigenvalue weighted by molar-refractivity contribution is 0.443. The van der Waals surface area contributed by atoms with Gasteiger partial charge in [0.2, 0.25) is 0 Å². The van der Waals surface area contributed by atoms with E-state index < -0.39 is 0 Å². The molecule has 298 valence electrons. The third-order valence-corrected chi connectivity index (χ3v) is 13.3. The Labute approximate surface area is 350 Å². The van der Waals surface area contributed by atoms with E-state index in [9.17, 15) is 0 Å². The lowest BCUT2D eigenvalue weighted by Crippen LogP contribution is -2.17. The first kappa shape index (κ1) is 39.9. The molecule has 58 heavy (non-hydrogen) atoms. The lowest BCUT2D eigenvalue weighted by atomic mass is 9.78. The van der Waals surface area contributed by atoms with Gasteiger partial charge in [-0.3, -0.25) is 0 Å². The fourth-order valence-electron chi connectivity index (χ4n) is 9.51. The molecule has 0 radical (unpaired) electrons. The number of hydrogen-bond donors (Lipinski definition) is 0. The molecule has 1 heteroatoms. The van der Waals surface area contributed by atoms with Crippen LogP contribution in [0.15, 0.2) is 127 Å². The first-order chi connectivity index (χ1) is 27.4. The minimum Gasteiger partial charge on any atom is -0.310 e. The van der Waals surface area contributed by atoms with Crippen LogP contribution in [0.2, 0.25) is 0 Å². The van der Waals surface area contributed by atoms with E-state index in [1.165, 1.54) is 116 Å². The van der Waals surface area contributed by atoms with Gasteiger partial charge in [-0.2, -0.15) is 0 Å². The molecule has 1 saturated carbocycles. The maximum Gasteiger partial charge on any atom is 0.0467 e. The third-order valence-electron chi connectivity index (χ3n) is 13.3. The van der Waals surface area contributed by atoms with E-state index in [1.54, 1.807) is 0 Å². The van der Waals surface area contributed by atoms with Gasteiger partial charge in [0.05, 0.1) is 0 Å². The Hall–Kier alpha value is -4.88. The Balaban J connectivity index is 1.29. The van der Waals surface area contributed by atoms with Gasteiger partial charge in [0.1, 0.15) is 0 Å². The highest BCUT2D eigenvalue weighted by Gasteiger charge is 2.36. The average molecular weight is 764 g/mol. The summed E-state index contributed by atoms with van der Waals surface area (Å²) in [6, 6.07) is 49.6. The van der Waals surface area contributed by atoms with Gasteiger partial charge in [0, 0.05) is 22.5 Å². The van der Waals surface area contributed by atoms with Crippen molar-refractivity contribution in [2.24, 2.45) is 0 Å². The summed E-state index contributed by atoms with van der Waals surface area (Å²) in [5.41, 5.74) is 19.8. The molecule has 6 aromatic rings. The minimum absolute atomic E-state index is 0.0166. The van der Waals surface area contributed by atoms with Crippen molar-refractivity contribution < 1.29 is 0 Å². The van der Waals surface area contributed by atoms with Crippen molar-refractivity contribution in [3.05, 3.63) is 161 Å². The van der Waals surface area contributed by atoms with Gasteiger partial charge < -0.3 is 4.90 Å². The van der Waals surface area contributed by atoms with Crippen molar-refractivity contribution in [3.63, 3.8) is 0 Å². The fourth-order valence-corrected chi connectivity index (χ4v) is 9.51. The van der Waals surface area contributed by atoms with E-state index in [0.29, 0.717) is 5.92 Å². The minimum atomic E-state index is -0.0830. The molecule has 6 aromatic carbocycles. The van der Waals surface area contributed by atoms with Gasteiger partial charge in [-0.25, -0.2) is 0 Å². The zero-order chi connectivity index (χ0) is 41.2. The highest BCUT2D eigenvalue weighted by molar-refractivity contribution is 5.87. The largest absolute Gasteiger partial charge is 0.310 e. The Morgan fingerprint density at radius 3 is 1.59 bits per heavy atom. The molecule has 0 heterocycles. The SMILES string of the molecule is CC(C)(C)c1cc(-c2cccc(N(c3cccc(C4CCCCC4)c3)c3ccc4c(c3)C(C)(C)c3ccccc3-4)c2)cc(-c2cc(C(C)(C)C)cc(C(C)(C)C)c2)c1. The van der Waals surface area contributed by atoms with Gasteiger partial charge in [-0.15, -0.1) is 0 Å². The van der Waals surface area contributed by atoms with Crippen molar-refractivity contribution in [3.8, 4) is 33.4 Å². The van der Waals surface area contributed by atoms with Crippen molar-refractivity contribution in [2.75, 3.05) is 4.90 Å². The average Bonchev–Trinajstić information content (AvgIpc) is 3.42. The Bertz CT molecular complexity index is 2430. The van der Waals surface area contributed by atoms with Crippen LogP contribution in [-0.4, -0.2) is 0 Å². The van der Waals surface area contributed by atoms with Gasteiger partial charge in [-0.05, 0) is 144 Å². The van der Waals surface area contributed by atoms with Gasteiger partial charge in [0.15, 0.2) is 0 Å². The van der Waals surface area contributed by atoms with Crippen LogP contribution in [0.5, 0.6) is 0 Å². The second-order valence-corrected chi connectivity index (χ2v) is 21.1. The molecule has 0 bridgehead atoms. The van der Waals surface area contributed by atoms with Crippen molar-refractivity contribution in [1.82, 2.24) is 0 Å². The molecular weight excluding hydrogens is 699 g/mol. The smallest absolute Gasteiger partial charge is 0.0467 e. The maximum absolute atomic E-state index is 2.52. The molecule has 0 atom stereocenters. The van der Waals surface area contributed by atoms with Crippen LogP contribution in [0.1, 0.15) is 148 Å². The Kier molecular flexibility index (Phi) is 10.1. The highest BCUT2D eigenvalue weighted by Crippen LogP contribution is 2.51. The van der Waals surface area contributed by atoms with Crippen LogP contribution in [-0.2, 0) is 21.7 Å². The summed E-state index contributed by atoms with van der Waals surface area (Å²) in [6.07, 6.45) is 6.59. The van der Waals surface area contributed by atoms with Crippen LogP contribution in [0, 0.1) is 0 Å². The third kappa shape index (κ3) is 7.70. The van der Waals surface area contributed by atoms with Crippen molar-refractivity contribution >= 4 is 17.1 Å². The number of benzene rings is 6. The van der Waals surface area contributed by atoms with Crippen molar-refractivity contribution in [2.45, 2.75) is 136 Å². The second-order valence-electron chi connectivity index (χ2n) is 21.1. The van der Waals surface area contributed by atoms with E-state index in [0.717, 1.165) is 0 Å². The number of hydrogen-bond acceptors (Lipinski definition) is 1. The molecule has 0 spiro atoms. The molecule has 0 saturated heterocycles. The number of anilines is 3. The molecule has 2 aliphatic carbocycles. The molecule has 0 aromatic heterocycles. The van der Waals surface area contributed by atoms with E-state index in [-0.39, 0.29) is 21.7 Å². The monoisotopic (exact) mass is 764 g/mol.